The van der Waals surface area contributed by atoms with Gasteiger partial charge in [-0.05, 0) is 76.3 Å². The molecule has 0 saturated carbocycles. The zero-order valence-electron chi connectivity index (χ0n) is 22.2. The fourth-order valence-electron chi connectivity index (χ4n) is 4.88. The van der Waals surface area contributed by atoms with Crippen molar-refractivity contribution in [1.29, 1.82) is 0 Å². The average molecular weight is 663 g/mol. The van der Waals surface area contributed by atoms with Crippen LogP contribution >= 0.6 is 15.9 Å². The topological polar surface area (TPSA) is 111 Å². The van der Waals surface area contributed by atoms with Crippen molar-refractivity contribution in [3.63, 3.8) is 0 Å². The lowest BCUT2D eigenvalue weighted by Crippen LogP contribution is -2.61. The summed E-state index contributed by atoms with van der Waals surface area (Å²) >= 11 is 3.25. The summed E-state index contributed by atoms with van der Waals surface area (Å²) in [5.74, 6) is -0.201. The lowest BCUT2D eigenvalue weighted by Gasteiger charge is -2.46. The molecule has 2 heterocycles. The molecule has 2 aromatic carbocycles. The third-order valence-electron chi connectivity index (χ3n) is 6.93. The number of ether oxygens (including phenoxy) is 2. The first kappa shape index (κ1) is 31.5. The van der Waals surface area contributed by atoms with Gasteiger partial charge in [0.05, 0.1) is 27.0 Å². The standard InChI is InChI=1S/C27H25BrF6N4O4/c1-3-25(35)11-19(18-10-17(42-13-41-2)4-5-22(18)38(25)24(39)40)23-36-12-20(28)21(37-23)8-14-6-15(26(29,30)31)9-16(7-14)27(32,33)34/h4-7,9-10,12,19H,3,8,11,13,35H2,1-2H3,(H,39,40)/t19-,25+/m0/s1. The number of alkyl halides is 6. The molecule has 1 aromatic heterocycles. The van der Waals surface area contributed by atoms with Gasteiger partial charge in [-0.1, -0.05) is 6.92 Å². The van der Waals surface area contributed by atoms with E-state index in [2.05, 4.69) is 25.9 Å². The third-order valence-corrected chi connectivity index (χ3v) is 7.59. The second-order valence-corrected chi connectivity index (χ2v) is 10.6. The molecule has 8 nitrogen and oxygen atoms in total. The van der Waals surface area contributed by atoms with Crippen LogP contribution in [0.1, 0.15) is 59.5 Å². The quantitative estimate of drug-likeness (QED) is 0.208. The number of benzene rings is 2. The van der Waals surface area contributed by atoms with Crippen molar-refractivity contribution in [1.82, 2.24) is 9.97 Å². The molecule has 1 aliphatic heterocycles. The molecule has 226 valence electrons. The molecule has 0 unspecified atom stereocenters. The Morgan fingerprint density at radius 2 is 1.79 bits per heavy atom. The number of nitrogens with two attached hydrogens (primary N) is 1. The normalized spacial score (nSPS) is 19.0. The van der Waals surface area contributed by atoms with Crippen LogP contribution < -0.4 is 15.4 Å². The van der Waals surface area contributed by atoms with Gasteiger partial charge in [0.25, 0.3) is 0 Å². The first-order chi connectivity index (χ1) is 19.6. The van der Waals surface area contributed by atoms with Crippen LogP contribution in [0.2, 0.25) is 0 Å². The summed E-state index contributed by atoms with van der Waals surface area (Å²) in [6.45, 7) is 1.63. The maximum atomic E-state index is 13.4. The Bertz CT molecular complexity index is 1450. The molecule has 1 aliphatic rings. The van der Waals surface area contributed by atoms with E-state index in [1.54, 1.807) is 19.1 Å². The van der Waals surface area contributed by atoms with Crippen molar-refractivity contribution < 1.29 is 45.7 Å². The van der Waals surface area contributed by atoms with Crippen LogP contribution in [-0.2, 0) is 23.5 Å². The number of carboxylic acid groups (broad SMARTS) is 1. The van der Waals surface area contributed by atoms with E-state index in [1.165, 1.54) is 19.4 Å². The lowest BCUT2D eigenvalue weighted by molar-refractivity contribution is -0.143. The highest BCUT2D eigenvalue weighted by molar-refractivity contribution is 9.10. The number of fused-ring (bicyclic) bond motifs is 1. The van der Waals surface area contributed by atoms with Gasteiger partial charge in [-0.25, -0.2) is 14.8 Å². The van der Waals surface area contributed by atoms with Crippen molar-refractivity contribution in [2.45, 2.75) is 50.1 Å². The highest BCUT2D eigenvalue weighted by Crippen LogP contribution is 2.46. The van der Waals surface area contributed by atoms with E-state index in [-0.39, 0.29) is 59.4 Å². The molecule has 0 saturated heterocycles. The van der Waals surface area contributed by atoms with E-state index in [9.17, 15) is 36.2 Å². The molecule has 42 heavy (non-hydrogen) atoms. The summed E-state index contributed by atoms with van der Waals surface area (Å²) in [4.78, 5) is 22.2. The van der Waals surface area contributed by atoms with Gasteiger partial charge in [0, 0.05) is 25.6 Å². The van der Waals surface area contributed by atoms with Crippen LogP contribution in [-0.4, -0.2) is 40.7 Å². The van der Waals surface area contributed by atoms with Crippen LogP contribution in [0, 0.1) is 0 Å². The van der Waals surface area contributed by atoms with Crippen molar-refractivity contribution >= 4 is 27.7 Å². The predicted octanol–water partition coefficient (Wildman–Crippen LogP) is 6.94. The number of rotatable bonds is 7. The number of aromatic nitrogens is 2. The molecule has 0 fully saturated rings. The summed E-state index contributed by atoms with van der Waals surface area (Å²) in [5.41, 5.74) is 2.90. The molecule has 0 radical (unpaired) electrons. The van der Waals surface area contributed by atoms with Crippen molar-refractivity contribution in [3.05, 3.63) is 80.8 Å². The van der Waals surface area contributed by atoms with Gasteiger partial charge in [-0.15, -0.1) is 0 Å². The predicted molar refractivity (Wildman–Crippen MR) is 142 cm³/mol. The molecule has 3 aromatic rings. The molecule has 2 atom stereocenters. The van der Waals surface area contributed by atoms with E-state index >= 15 is 0 Å². The fraction of sp³-hybridized carbons (Fsp3) is 0.370. The summed E-state index contributed by atoms with van der Waals surface area (Å²) in [6.07, 6.45) is -10.1. The molecule has 15 heteroatoms. The minimum Gasteiger partial charge on any atom is -0.468 e. The molecule has 3 N–H and O–H groups in total. The molecule has 1 amide bonds. The summed E-state index contributed by atoms with van der Waals surface area (Å²) in [7, 11) is 1.43. The smallest absolute Gasteiger partial charge is 0.416 e. The van der Waals surface area contributed by atoms with Gasteiger partial charge >= 0.3 is 18.4 Å². The monoisotopic (exact) mass is 662 g/mol. The molecular weight excluding hydrogens is 638 g/mol. The second-order valence-electron chi connectivity index (χ2n) is 9.72. The van der Waals surface area contributed by atoms with Crippen molar-refractivity contribution in [2.75, 3.05) is 18.8 Å². The van der Waals surface area contributed by atoms with Gasteiger partial charge in [0.2, 0.25) is 0 Å². The van der Waals surface area contributed by atoms with E-state index in [0.717, 1.165) is 4.90 Å². The van der Waals surface area contributed by atoms with Gasteiger partial charge in [0.15, 0.2) is 6.79 Å². The van der Waals surface area contributed by atoms with Crippen LogP contribution in [0.4, 0.5) is 36.8 Å². The van der Waals surface area contributed by atoms with Crippen LogP contribution in [0.15, 0.2) is 47.1 Å². The van der Waals surface area contributed by atoms with Crippen molar-refractivity contribution in [3.8, 4) is 5.75 Å². The number of halogens is 7. The van der Waals surface area contributed by atoms with Gasteiger partial charge in [-0.3, -0.25) is 4.90 Å². The fourth-order valence-corrected chi connectivity index (χ4v) is 5.21. The number of nitrogens with zero attached hydrogens (tertiary/aromatic N) is 3. The largest absolute Gasteiger partial charge is 0.468 e. The van der Waals surface area contributed by atoms with E-state index in [1.807, 2.05) is 0 Å². The van der Waals surface area contributed by atoms with Gasteiger partial charge < -0.3 is 20.3 Å². The average Bonchev–Trinajstić information content (AvgIpc) is 2.91. The maximum absolute atomic E-state index is 13.4. The third kappa shape index (κ3) is 6.47. The SMILES string of the molecule is CC[C@]1(N)C[C@H](c2ncc(Br)c(Cc3cc(C(F)(F)F)cc(C(F)(F)F)c3)n2)c2cc(OCOC)ccc2N1C(=O)O. The first-order valence-electron chi connectivity index (χ1n) is 12.4. The molecule has 4 rings (SSSR count). The second kappa shape index (κ2) is 11.7. The Morgan fingerprint density at radius 3 is 2.33 bits per heavy atom. The zero-order valence-corrected chi connectivity index (χ0v) is 23.8. The Labute approximate surface area is 244 Å². The van der Waals surface area contributed by atoms with Gasteiger partial charge in [-0.2, -0.15) is 26.3 Å². The number of methoxy groups -OCH3 is 1. The number of anilines is 1. The molecule has 0 bridgehead atoms. The number of hydrogen-bond acceptors (Lipinski definition) is 6. The van der Waals surface area contributed by atoms with E-state index in [4.69, 9.17) is 15.2 Å². The molecular formula is C27H25BrF6N4O4. The summed E-state index contributed by atoms with van der Waals surface area (Å²) in [5, 5.41) is 10.0. The highest BCUT2D eigenvalue weighted by Gasteiger charge is 2.46. The minimum atomic E-state index is -5.00. The highest BCUT2D eigenvalue weighted by atomic mass is 79.9. The minimum absolute atomic E-state index is 0.0272. The Balaban J connectivity index is 1.82. The first-order valence-corrected chi connectivity index (χ1v) is 13.2. The Morgan fingerprint density at radius 1 is 1.14 bits per heavy atom. The van der Waals surface area contributed by atoms with E-state index < -0.39 is 41.2 Å². The van der Waals surface area contributed by atoms with Crippen LogP contribution in [0.25, 0.3) is 0 Å². The van der Waals surface area contributed by atoms with Gasteiger partial charge in [0.1, 0.15) is 17.2 Å². The molecule has 0 aliphatic carbocycles. The number of hydrogen-bond donors (Lipinski definition) is 2. The zero-order chi connectivity index (χ0) is 31.0. The lowest BCUT2D eigenvalue weighted by atomic mass is 9.80. The Hall–Kier alpha value is -3.43. The maximum Gasteiger partial charge on any atom is 0.416 e. The number of amides is 1. The van der Waals surface area contributed by atoms with Crippen molar-refractivity contribution in [2.24, 2.45) is 5.73 Å². The molecule has 0 spiro atoms. The number of carbonyl (C=O) groups is 1. The van der Waals surface area contributed by atoms with Crippen LogP contribution in [0.5, 0.6) is 5.75 Å². The Kier molecular flexibility index (Phi) is 8.77. The summed E-state index contributed by atoms with van der Waals surface area (Å²) in [6, 6.07) is 6.02. The van der Waals surface area contributed by atoms with Crippen LogP contribution in [0.3, 0.4) is 0 Å². The van der Waals surface area contributed by atoms with E-state index in [0.29, 0.717) is 23.4 Å². The summed E-state index contributed by atoms with van der Waals surface area (Å²) < 4.78 is 91.3.